The highest BCUT2D eigenvalue weighted by Gasteiger charge is 2.45. The number of aromatic nitrogens is 4. The molecule has 0 radical (unpaired) electrons. The molecule has 1 saturated heterocycles. The van der Waals surface area contributed by atoms with Crippen molar-refractivity contribution >= 4 is 52.0 Å². The van der Waals surface area contributed by atoms with Crippen molar-refractivity contribution in [3.05, 3.63) is 104 Å². The Morgan fingerprint density at radius 2 is 1.60 bits per heavy atom. The lowest BCUT2D eigenvalue weighted by molar-refractivity contribution is -0.144. The molecule has 0 saturated carbocycles. The molecule has 18 heteroatoms. The van der Waals surface area contributed by atoms with Crippen molar-refractivity contribution < 1.29 is 33.8 Å². The lowest BCUT2D eigenvalue weighted by Gasteiger charge is -2.35. The van der Waals surface area contributed by atoms with E-state index in [-0.39, 0.29) is 57.1 Å². The summed E-state index contributed by atoms with van der Waals surface area (Å²) >= 11 is 3.25. The second-order valence-corrected chi connectivity index (χ2v) is 20.8. The van der Waals surface area contributed by atoms with Gasteiger partial charge in [-0.2, -0.15) is 0 Å². The topological polar surface area (TPSA) is 202 Å². The molecular formula is C50H63N9O7S2. The monoisotopic (exact) mass is 965 g/mol. The molecule has 16 nitrogen and oxygen atoms in total. The molecule has 0 bridgehead atoms. The second-order valence-electron chi connectivity index (χ2n) is 18.7. The summed E-state index contributed by atoms with van der Waals surface area (Å²) in [6.45, 7) is 18.3. The highest BCUT2D eigenvalue weighted by molar-refractivity contribution is 7.15. The molecule has 4 N–H and O–H groups in total. The van der Waals surface area contributed by atoms with Gasteiger partial charge in [-0.05, 0) is 70.1 Å². The number of fused-ring (bicyclic) bond motifs is 3. The molecular weight excluding hydrogens is 903 g/mol. The average Bonchev–Trinajstić information content (AvgIpc) is 4.07. The minimum Gasteiger partial charge on any atom is -0.391 e. The van der Waals surface area contributed by atoms with E-state index in [1.807, 2.05) is 82.8 Å². The number of aliphatic imine (C=N–C) groups is 1. The first-order chi connectivity index (χ1) is 32.4. The van der Waals surface area contributed by atoms with E-state index in [0.717, 1.165) is 60.5 Å². The summed E-state index contributed by atoms with van der Waals surface area (Å²) in [6, 6.07) is 13.4. The zero-order valence-electron chi connectivity index (χ0n) is 40.3. The number of carbonyl (C=O) groups excluding carboxylic acids is 4. The highest BCUT2D eigenvalue weighted by atomic mass is 32.1. The molecule has 5 heterocycles. The van der Waals surface area contributed by atoms with Gasteiger partial charge in [-0.15, -0.1) is 32.9 Å². The highest BCUT2D eigenvalue weighted by Crippen LogP contribution is 2.40. The fourth-order valence-electron chi connectivity index (χ4n) is 8.49. The molecule has 68 heavy (non-hydrogen) atoms. The summed E-state index contributed by atoms with van der Waals surface area (Å²) in [5.41, 5.74) is 9.14. The third-order valence-electron chi connectivity index (χ3n) is 12.4. The maximum atomic E-state index is 14.1. The van der Waals surface area contributed by atoms with Crippen molar-refractivity contribution in [2.45, 2.75) is 112 Å². The SMILES string of the molecule is Cc1ccc(C2=NC(CC(=O)NCCOCCCOCC(=O)N[C@H](C(=O)N3C[C@@H](O)C[C@H]3C(=O)N[C@@H](C)c3ccc(-c4scnc4C)cc3)C(C)(C)C)c3nnc(C)n3-c3sc(C)c(C)c32)cc1. The van der Waals surface area contributed by atoms with Gasteiger partial charge in [0.15, 0.2) is 5.82 Å². The maximum absolute atomic E-state index is 14.1. The van der Waals surface area contributed by atoms with Gasteiger partial charge >= 0.3 is 0 Å². The minimum atomic E-state index is -0.980. The number of β-amino-alcohol motifs (C(OH)–C–C–N with tert-alkyl or cyclic N) is 1. The summed E-state index contributed by atoms with van der Waals surface area (Å²) in [5.74, 6) is -0.136. The zero-order valence-corrected chi connectivity index (χ0v) is 42.0. The van der Waals surface area contributed by atoms with Crippen molar-refractivity contribution in [2.24, 2.45) is 10.4 Å². The van der Waals surface area contributed by atoms with Gasteiger partial charge in [0.05, 0.1) is 47.0 Å². The molecule has 2 aliphatic rings. The van der Waals surface area contributed by atoms with Crippen LogP contribution in [0.2, 0.25) is 0 Å². The Bertz CT molecular complexity index is 2630. The van der Waals surface area contributed by atoms with Crippen LogP contribution in [0.1, 0.15) is 109 Å². The first-order valence-corrected chi connectivity index (χ1v) is 24.8. The average molecular weight is 966 g/mol. The van der Waals surface area contributed by atoms with Gasteiger partial charge in [-0.1, -0.05) is 74.9 Å². The van der Waals surface area contributed by atoms with Crippen LogP contribution in [0.15, 0.2) is 59.0 Å². The first kappa shape index (κ1) is 50.2. The largest absolute Gasteiger partial charge is 0.391 e. The van der Waals surface area contributed by atoms with Crippen LogP contribution >= 0.6 is 22.7 Å². The first-order valence-electron chi connectivity index (χ1n) is 23.1. The van der Waals surface area contributed by atoms with Crippen LogP contribution in [-0.4, -0.2) is 117 Å². The molecule has 2 aliphatic heterocycles. The summed E-state index contributed by atoms with van der Waals surface area (Å²) in [6.07, 6.45) is -0.223. The van der Waals surface area contributed by atoms with Crippen molar-refractivity contribution in [2.75, 3.05) is 39.5 Å². The van der Waals surface area contributed by atoms with E-state index >= 15 is 0 Å². The predicted octanol–water partition coefficient (Wildman–Crippen LogP) is 6.19. The van der Waals surface area contributed by atoms with Crippen LogP contribution in [0.25, 0.3) is 15.4 Å². The summed E-state index contributed by atoms with van der Waals surface area (Å²) in [5, 5.41) is 29.3. The summed E-state index contributed by atoms with van der Waals surface area (Å²) in [7, 11) is 0. The lowest BCUT2D eigenvalue weighted by Crippen LogP contribution is -2.58. The van der Waals surface area contributed by atoms with Gasteiger partial charge in [0, 0.05) is 48.7 Å². The van der Waals surface area contributed by atoms with Crippen molar-refractivity contribution in [1.29, 1.82) is 0 Å². The van der Waals surface area contributed by atoms with Crippen molar-refractivity contribution in [1.82, 2.24) is 40.6 Å². The van der Waals surface area contributed by atoms with Gasteiger partial charge in [-0.25, -0.2) is 4.98 Å². The maximum Gasteiger partial charge on any atom is 0.246 e. The van der Waals surface area contributed by atoms with Crippen LogP contribution in [0.5, 0.6) is 0 Å². The smallest absolute Gasteiger partial charge is 0.246 e. The van der Waals surface area contributed by atoms with Crippen molar-refractivity contribution in [3.8, 4) is 15.4 Å². The van der Waals surface area contributed by atoms with Gasteiger partial charge < -0.3 is 35.4 Å². The molecule has 0 aliphatic carbocycles. The number of ether oxygens (including phenoxy) is 2. The second kappa shape index (κ2) is 21.7. The van der Waals surface area contributed by atoms with E-state index in [9.17, 15) is 24.3 Å². The number of aliphatic hydroxyl groups excluding tert-OH is 1. The van der Waals surface area contributed by atoms with E-state index in [1.54, 1.807) is 22.7 Å². The number of carbonyl (C=O) groups is 4. The van der Waals surface area contributed by atoms with Crippen LogP contribution in [-0.2, 0) is 28.7 Å². The molecule has 3 aromatic heterocycles. The van der Waals surface area contributed by atoms with E-state index in [1.165, 1.54) is 9.78 Å². The Morgan fingerprint density at radius 3 is 2.29 bits per heavy atom. The summed E-state index contributed by atoms with van der Waals surface area (Å²) < 4.78 is 13.4. The number of aliphatic hydroxyl groups is 1. The van der Waals surface area contributed by atoms with Gasteiger partial charge in [0.2, 0.25) is 23.6 Å². The molecule has 0 spiro atoms. The van der Waals surface area contributed by atoms with Crippen LogP contribution < -0.4 is 16.0 Å². The number of benzene rings is 2. The number of nitrogens with one attached hydrogen (secondary N) is 3. The van der Waals surface area contributed by atoms with Crippen molar-refractivity contribution in [3.63, 3.8) is 0 Å². The minimum absolute atomic E-state index is 0.0268. The van der Waals surface area contributed by atoms with Gasteiger partial charge in [-0.3, -0.25) is 28.7 Å². The van der Waals surface area contributed by atoms with E-state index in [4.69, 9.17) is 14.5 Å². The molecule has 2 aromatic carbocycles. The number of thiophene rings is 1. The number of amides is 4. The molecule has 362 valence electrons. The van der Waals surface area contributed by atoms with Crippen LogP contribution in [0, 0.1) is 40.0 Å². The number of nitrogens with zero attached hydrogens (tertiary/aromatic N) is 6. The van der Waals surface area contributed by atoms with E-state index in [2.05, 4.69) is 69.2 Å². The Labute approximate surface area is 406 Å². The third-order valence-corrected chi connectivity index (χ3v) is 14.6. The third kappa shape index (κ3) is 11.6. The number of likely N-dealkylation sites (tertiary alicyclic amines) is 1. The predicted molar refractivity (Wildman–Crippen MR) is 263 cm³/mol. The fraction of sp³-hybridized carbons (Fsp3) is 0.480. The van der Waals surface area contributed by atoms with E-state index in [0.29, 0.717) is 25.4 Å². The standard InChI is InChI=1S/C50H63N9O7S2/c1-28-11-13-35(14-12-28)43-42-29(2)32(5)68-49(42)59-33(6)56-57-46(59)38(54-43)24-40(61)51-19-22-65-20-10-21-66-26-41(62)55-45(50(7,8)9)48(64)58-25-37(60)23-39(58)47(63)53-30(3)34-15-17-36(18-16-34)44-31(4)52-27-67-44/h11-18,27,30,37-39,45,60H,10,19-26H2,1-9H3,(H,51,61)(H,53,63)(H,55,62)/t30-,37-,38?,39-,45+/m0/s1. The Morgan fingerprint density at radius 1 is 0.897 bits per heavy atom. The van der Waals surface area contributed by atoms with Crippen LogP contribution in [0.3, 0.4) is 0 Å². The number of hydrogen-bond acceptors (Lipinski definition) is 13. The normalized spacial score (nSPS) is 17.7. The van der Waals surface area contributed by atoms with E-state index < -0.39 is 41.5 Å². The summed E-state index contributed by atoms with van der Waals surface area (Å²) in [4.78, 5) is 67.4. The molecule has 5 aromatic rings. The number of aryl methyl sites for hydroxylation is 4. The number of rotatable bonds is 18. The lowest BCUT2D eigenvalue weighted by atomic mass is 9.85. The molecule has 5 atom stereocenters. The molecule has 1 unspecified atom stereocenters. The quantitative estimate of drug-likeness (QED) is 0.0735. The zero-order chi connectivity index (χ0) is 48.9. The Hall–Kier alpha value is -5.66. The molecule has 1 fully saturated rings. The number of hydrogen-bond donors (Lipinski definition) is 4. The van der Waals surface area contributed by atoms with Gasteiger partial charge in [0.25, 0.3) is 0 Å². The number of thiazole rings is 1. The van der Waals surface area contributed by atoms with Gasteiger partial charge in [0.1, 0.15) is 35.6 Å². The van der Waals surface area contributed by atoms with Crippen LogP contribution in [0.4, 0.5) is 0 Å². The Balaban J connectivity index is 0.840. The molecule has 4 amide bonds. The Kier molecular flexibility index (Phi) is 16.1. The fourth-order valence-corrected chi connectivity index (χ4v) is 10.5. The molecule has 7 rings (SSSR count).